The Morgan fingerprint density at radius 2 is 1.82 bits per heavy atom. The summed E-state index contributed by atoms with van der Waals surface area (Å²) < 4.78 is 40.1. The van der Waals surface area contributed by atoms with Gasteiger partial charge in [-0.15, -0.1) is 13.2 Å². The van der Waals surface area contributed by atoms with E-state index in [2.05, 4.69) is 20.3 Å². The van der Waals surface area contributed by atoms with Gasteiger partial charge in [-0.1, -0.05) is 11.8 Å². The first-order chi connectivity index (χ1) is 10.1. The van der Waals surface area contributed by atoms with E-state index in [0.29, 0.717) is 5.75 Å². The Labute approximate surface area is 130 Å². The van der Waals surface area contributed by atoms with E-state index in [1.165, 1.54) is 23.9 Å². The van der Waals surface area contributed by atoms with Crippen LogP contribution in [0.1, 0.15) is 26.3 Å². The molecule has 0 aromatic heterocycles. The van der Waals surface area contributed by atoms with Crippen molar-refractivity contribution < 1.29 is 17.9 Å². The number of hydrogen-bond donors (Lipinski definition) is 1. The van der Waals surface area contributed by atoms with Crippen molar-refractivity contribution >= 4 is 22.6 Å². The third-order valence-electron chi connectivity index (χ3n) is 2.49. The van der Waals surface area contributed by atoms with Gasteiger partial charge in [0.15, 0.2) is 5.17 Å². The molecule has 1 N–H and O–H groups in total. The lowest BCUT2D eigenvalue weighted by Gasteiger charge is -2.19. The van der Waals surface area contributed by atoms with E-state index in [1.54, 1.807) is 12.1 Å². The van der Waals surface area contributed by atoms with E-state index in [0.717, 1.165) is 16.4 Å². The Morgan fingerprint density at radius 3 is 2.27 bits per heavy atom. The summed E-state index contributed by atoms with van der Waals surface area (Å²) in [5.41, 5.74) is 4.16. The van der Waals surface area contributed by atoms with Crippen LogP contribution in [0.4, 0.5) is 13.2 Å². The van der Waals surface area contributed by atoms with Crippen molar-refractivity contribution in [1.29, 1.82) is 0 Å². The lowest BCUT2D eigenvalue weighted by atomic mass is 10.1. The molecule has 1 aromatic carbocycles. The number of nitrogens with zero attached hydrogens (tertiary/aromatic N) is 2. The maximum Gasteiger partial charge on any atom is 0.573 e. The van der Waals surface area contributed by atoms with E-state index in [-0.39, 0.29) is 11.3 Å². The van der Waals surface area contributed by atoms with Gasteiger partial charge in [-0.2, -0.15) is 5.10 Å². The van der Waals surface area contributed by atoms with Gasteiger partial charge in [-0.25, -0.2) is 0 Å². The number of thioether (sulfide) groups is 1. The van der Waals surface area contributed by atoms with Gasteiger partial charge < -0.3 is 4.74 Å². The minimum atomic E-state index is -4.68. The number of amidine groups is 1. The molecule has 0 unspecified atom stereocenters. The van der Waals surface area contributed by atoms with Gasteiger partial charge in [-0.3, -0.25) is 10.4 Å². The molecule has 0 atom stereocenters. The van der Waals surface area contributed by atoms with E-state index >= 15 is 0 Å². The van der Waals surface area contributed by atoms with Crippen molar-refractivity contribution in [2.45, 2.75) is 32.7 Å². The SMILES string of the molecule is CC(C)(C)N=C1NN=C(c2ccc(OC(F)(F)F)cc2)CS1. The van der Waals surface area contributed by atoms with E-state index in [9.17, 15) is 13.2 Å². The molecule has 1 aliphatic rings. The number of ether oxygens (including phenoxy) is 1. The molecule has 0 amide bonds. The molecule has 120 valence electrons. The number of hydrazone groups is 1. The average molecular weight is 331 g/mol. The number of halogens is 3. The summed E-state index contributed by atoms with van der Waals surface area (Å²) >= 11 is 1.50. The molecule has 2 rings (SSSR count). The minimum Gasteiger partial charge on any atom is -0.406 e. The summed E-state index contributed by atoms with van der Waals surface area (Å²) in [7, 11) is 0. The summed E-state index contributed by atoms with van der Waals surface area (Å²) in [4.78, 5) is 4.47. The second-order valence-electron chi connectivity index (χ2n) is 5.62. The Morgan fingerprint density at radius 1 is 1.18 bits per heavy atom. The molecular weight excluding hydrogens is 315 g/mol. The van der Waals surface area contributed by atoms with Crippen LogP contribution in [-0.2, 0) is 0 Å². The molecule has 1 aliphatic heterocycles. The van der Waals surface area contributed by atoms with Gasteiger partial charge in [0.05, 0.1) is 11.3 Å². The van der Waals surface area contributed by atoms with Crippen LogP contribution in [0.5, 0.6) is 5.75 Å². The summed E-state index contributed by atoms with van der Waals surface area (Å²) in [6, 6.07) is 5.64. The molecular formula is C14H16F3N3OS. The zero-order valence-corrected chi connectivity index (χ0v) is 13.2. The first-order valence-corrected chi connectivity index (χ1v) is 7.52. The zero-order chi connectivity index (χ0) is 16.4. The van der Waals surface area contributed by atoms with Crippen LogP contribution in [-0.4, -0.2) is 28.5 Å². The van der Waals surface area contributed by atoms with Crippen LogP contribution >= 0.6 is 11.8 Å². The topological polar surface area (TPSA) is 46.0 Å². The van der Waals surface area contributed by atoms with E-state index in [1.807, 2.05) is 20.8 Å². The van der Waals surface area contributed by atoms with Gasteiger partial charge in [0.2, 0.25) is 0 Å². The van der Waals surface area contributed by atoms with Gasteiger partial charge in [0, 0.05) is 5.75 Å². The quantitative estimate of drug-likeness (QED) is 0.897. The summed E-state index contributed by atoms with van der Waals surface area (Å²) in [5, 5.41) is 4.95. The van der Waals surface area contributed by atoms with E-state index < -0.39 is 6.36 Å². The molecule has 0 radical (unpaired) electrons. The highest BCUT2D eigenvalue weighted by molar-refractivity contribution is 8.14. The van der Waals surface area contributed by atoms with Gasteiger partial charge >= 0.3 is 6.36 Å². The van der Waals surface area contributed by atoms with Gasteiger partial charge in [0.1, 0.15) is 5.75 Å². The molecule has 1 aromatic rings. The lowest BCUT2D eigenvalue weighted by Crippen LogP contribution is -2.28. The Bertz CT molecular complexity index is 589. The highest BCUT2D eigenvalue weighted by Gasteiger charge is 2.31. The summed E-state index contributed by atoms with van der Waals surface area (Å²) in [6.45, 7) is 5.96. The van der Waals surface area contributed by atoms with E-state index in [4.69, 9.17) is 0 Å². The largest absolute Gasteiger partial charge is 0.573 e. The van der Waals surface area contributed by atoms with Crippen molar-refractivity contribution in [2.24, 2.45) is 10.1 Å². The zero-order valence-electron chi connectivity index (χ0n) is 12.4. The van der Waals surface area contributed by atoms with Crippen molar-refractivity contribution in [3.05, 3.63) is 29.8 Å². The predicted octanol–water partition coefficient (Wildman–Crippen LogP) is 3.78. The van der Waals surface area contributed by atoms with Crippen LogP contribution in [0.2, 0.25) is 0 Å². The number of nitrogens with one attached hydrogen (secondary N) is 1. The molecule has 0 bridgehead atoms. The van der Waals surface area contributed by atoms with Gasteiger partial charge in [-0.05, 0) is 50.6 Å². The molecule has 1 heterocycles. The molecule has 0 saturated carbocycles. The summed E-state index contributed by atoms with van der Waals surface area (Å²) in [6.07, 6.45) is -4.68. The van der Waals surface area contributed by atoms with Crippen molar-refractivity contribution in [2.75, 3.05) is 5.75 Å². The molecule has 4 nitrogen and oxygen atoms in total. The fourth-order valence-electron chi connectivity index (χ4n) is 1.68. The first kappa shape index (κ1) is 16.7. The Hall–Kier alpha value is -1.70. The Kier molecular flexibility index (Phi) is 4.69. The van der Waals surface area contributed by atoms with Crippen LogP contribution < -0.4 is 10.2 Å². The highest BCUT2D eigenvalue weighted by Crippen LogP contribution is 2.24. The number of benzene rings is 1. The maximum atomic E-state index is 12.1. The third kappa shape index (κ3) is 5.25. The molecule has 0 saturated heterocycles. The van der Waals surface area contributed by atoms with Crippen LogP contribution in [0.15, 0.2) is 34.4 Å². The van der Waals surface area contributed by atoms with Crippen LogP contribution in [0.25, 0.3) is 0 Å². The minimum absolute atomic E-state index is 0.195. The standard InChI is InChI=1S/C14H16F3N3OS/c1-13(2,3)18-12-20-19-11(8-22-12)9-4-6-10(7-5-9)21-14(15,16)17/h4-7H,8H2,1-3H3,(H,18,20). The molecule has 0 aliphatic carbocycles. The lowest BCUT2D eigenvalue weighted by molar-refractivity contribution is -0.274. The third-order valence-corrected chi connectivity index (χ3v) is 3.36. The highest BCUT2D eigenvalue weighted by atomic mass is 32.2. The predicted molar refractivity (Wildman–Crippen MR) is 82.4 cm³/mol. The summed E-state index contributed by atoms with van der Waals surface area (Å²) in [5.74, 6) is 0.352. The molecule has 22 heavy (non-hydrogen) atoms. The number of hydrogen-bond acceptors (Lipinski definition) is 4. The maximum absolute atomic E-state index is 12.1. The van der Waals surface area contributed by atoms with Crippen molar-refractivity contribution in [3.63, 3.8) is 0 Å². The molecule has 0 spiro atoms. The van der Waals surface area contributed by atoms with Crippen LogP contribution in [0, 0.1) is 0 Å². The number of rotatable bonds is 2. The monoisotopic (exact) mass is 331 g/mol. The fourth-order valence-corrected chi connectivity index (χ4v) is 2.63. The second kappa shape index (κ2) is 6.20. The average Bonchev–Trinajstić information content (AvgIpc) is 2.37. The normalized spacial score (nSPS) is 17.9. The smallest absolute Gasteiger partial charge is 0.406 e. The Balaban J connectivity index is 2.06. The molecule has 0 fully saturated rings. The fraction of sp³-hybridized carbons (Fsp3) is 0.429. The second-order valence-corrected chi connectivity index (χ2v) is 6.58. The van der Waals surface area contributed by atoms with Crippen LogP contribution in [0.3, 0.4) is 0 Å². The van der Waals surface area contributed by atoms with Gasteiger partial charge in [0.25, 0.3) is 0 Å². The van der Waals surface area contributed by atoms with Crippen molar-refractivity contribution in [3.8, 4) is 5.75 Å². The first-order valence-electron chi connectivity index (χ1n) is 6.54. The van der Waals surface area contributed by atoms with Crippen molar-refractivity contribution in [1.82, 2.24) is 5.43 Å². The number of aliphatic imine (C=N–C) groups is 1. The molecule has 8 heteroatoms. The number of alkyl halides is 3.